The quantitative estimate of drug-likeness (QED) is 0.449. The Morgan fingerprint density at radius 1 is 0.812 bits per heavy atom. The highest BCUT2D eigenvalue weighted by atomic mass is 16.8. The zero-order valence-corrected chi connectivity index (χ0v) is 10.3. The summed E-state index contributed by atoms with van der Waals surface area (Å²) in [4.78, 5) is 0. The predicted molar refractivity (Wildman–Crippen MR) is 59.1 cm³/mol. The number of rotatable bonds is 9. The maximum absolute atomic E-state index is 5.54. The van der Waals surface area contributed by atoms with Gasteiger partial charge in [-0.05, 0) is 26.7 Å². The molecule has 2 fully saturated rings. The standard InChI is InChI=1S/C12H22O4/c1-11(9-15-11)13-7-5-3-4-6-8-14-12(2)10-16-12/h3-10H2,1-2H3. The molecule has 16 heavy (non-hydrogen) atoms. The second-order valence-corrected chi connectivity index (χ2v) is 4.96. The van der Waals surface area contributed by atoms with Crippen molar-refractivity contribution in [1.29, 1.82) is 0 Å². The normalized spacial score (nSPS) is 36.4. The first kappa shape index (κ1) is 12.3. The van der Waals surface area contributed by atoms with Gasteiger partial charge in [-0.1, -0.05) is 12.8 Å². The monoisotopic (exact) mass is 230 g/mol. The van der Waals surface area contributed by atoms with E-state index in [1.165, 1.54) is 12.8 Å². The topological polar surface area (TPSA) is 43.5 Å². The zero-order valence-electron chi connectivity index (χ0n) is 10.3. The van der Waals surface area contributed by atoms with Crippen LogP contribution in [0.25, 0.3) is 0 Å². The van der Waals surface area contributed by atoms with E-state index in [0.29, 0.717) is 0 Å². The van der Waals surface area contributed by atoms with E-state index in [0.717, 1.165) is 39.3 Å². The molecule has 0 spiro atoms. The lowest BCUT2D eigenvalue weighted by molar-refractivity contribution is -0.0351. The van der Waals surface area contributed by atoms with E-state index in [-0.39, 0.29) is 11.6 Å². The van der Waals surface area contributed by atoms with Crippen LogP contribution in [0.15, 0.2) is 0 Å². The molecule has 2 saturated heterocycles. The fraction of sp³-hybridized carbons (Fsp3) is 1.00. The zero-order chi connectivity index (χ0) is 11.5. The highest BCUT2D eigenvalue weighted by molar-refractivity contribution is 4.75. The molecule has 0 aromatic heterocycles. The van der Waals surface area contributed by atoms with Gasteiger partial charge in [0.1, 0.15) is 13.2 Å². The van der Waals surface area contributed by atoms with Crippen LogP contribution in [0.4, 0.5) is 0 Å². The Kier molecular flexibility index (Phi) is 3.85. The Balaban J connectivity index is 1.32. The molecule has 0 saturated carbocycles. The highest BCUT2D eigenvalue weighted by Crippen LogP contribution is 2.28. The third-order valence-corrected chi connectivity index (χ3v) is 2.96. The van der Waals surface area contributed by atoms with Crippen LogP contribution in [-0.2, 0) is 18.9 Å². The minimum Gasteiger partial charge on any atom is -0.348 e. The molecule has 2 heterocycles. The van der Waals surface area contributed by atoms with E-state index < -0.39 is 0 Å². The van der Waals surface area contributed by atoms with Gasteiger partial charge in [-0.15, -0.1) is 0 Å². The van der Waals surface area contributed by atoms with Gasteiger partial charge >= 0.3 is 0 Å². The molecule has 0 aromatic carbocycles. The molecule has 0 bridgehead atoms. The molecule has 0 aromatic rings. The van der Waals surface area contributed by atoms with Gasteiger partial charge in [0.2, 0.25) is 0 Å². The summed E-state index contributed by atoms with van der Waals surface area (Å²) in [5.74, 6) is -0.498. The summed E-state index contributed by atoms with van der Waals surface area (Å²) in [5, 5.41) is 0. The van der Waals surface area contributed by atoms with Gasteiger partial charge < -0.3 is 18.9 Å². The average Bonchev–Trinajstić information content (AvgIpc) is 3.14. The van der Waals surface area contributed by atoms with Crippen LogP contribution in [0.5, 0.6) is 0 Å². The molecule has 0 radical (unpaired) electrons. The largest absolute Gasteiger partial charge is 0.348 e. The first-order valence-electron chi connectivity index (χ1n) is 6.18. The smallest absolute Gasteiger partial charge is 0.189 e. The van der Waals surface area contributed by atoms with E-state index in [9.17, 15) is 0 Å². The van der Waals surface area contributed by atoms with Gasteiger partial charge in [-0.3, -0.25) is 0 Å². The van der Waals surface area contributed by atoms with Gasteiger partial charge in [0.05, 0.1) is 13.2 Å². The number of hydrogen-bond acceptors (Lipinski definition) is 4. The number of hydrogen-bond donors (Lipinski definition) is 0. The Morgan fingerprint density at radius 3 is 1.50 bits per heavy atom. The summed E-state index contributed by atoms with van der Waals surface area (Å²) < 4.78 is 21.3. The van der Waals surface area contributed by atoms with Gasteiger partial charge in [0.15, 0.2) is 11.6 Å². The van der Waals surface area contributed by atoms with Crippen LogP contribution in [0.2, 0.25) is 0 Å². The van der Waals surface area contributed by atoms with Crippen molar-refractivity contribution in [1.82, 2.24) is 0 Å². The van der Waals surface area contributed by atoms with Crippen LogP contribution in [0.1, 0.15) is 39.5 Å². The van der Waals surface area contributed by atoms with Crippen LogP contribution in [0, 0.1) is 0 Å². The van der Waals surface area contributed by atoms with Crippen molar-refractivity contribution in [2.24, 2.45) is 0 Å². The number of epoxide rings is 2. The van der Waals surface area contributed by atoms with Crippen molar-refractivity contribution in [3.63, 3.8) is 0 Å². The summed E-state index contributed by atoms with van der Waals surface area (Å²) in [7, 11) is 0. The third-order valence-electron chi connectivity index (χ3n) is 2.96. The fourth-order valence-electron chi connectivity index (χ4n) is 1.50. The third kappa shape index (κ3) is 4.37. The maximum Gasteiger partial charge on any atom is 0.189 e. The first-order valence-corrected chi connectivity index (χ1v) is 6.18. The van der Waals surface area contributed by atoms with Crippen LogP contribution < -0.4 is 0 Å². The van der Waals surface area contributed by atoms with Crippen molar-refractivity contribution in [3.05, 3.63) is 0 Å². The first-order chi connectivity index (χ1) is 7.62. The second kappa shape index (κ2) is 5.00. The van der Waals surface area contributed by atoms with E-state index >= 15 is 0 Å². The molecule has 2 atom stereocenters. The molecule has 0 N–H and O–H groups in total. The molecule has 2 unspecified atom stereocenters. The molecular weight excluding hydrogens is 208 g/mol. The fourth-order valence-corrected chi connectivity index (χ4v) is 1.50. The predicted octanol–water partition coefficient (Wildman–Crippen LogP) is 2.07. The average molecular weight is 230 g/mol. The van der Waals surface area contributed by atoms with Crippen molar-refractivity contribution in [2.45, 2.75) is 51.1 Å². The lowest BCUT2D eigenvalue weighted by Gasteiger charge is -2.08. The number of ether oxygens (including phenoxy) is 4. The van der Waals surface area contributed by atoms with Gasteiger partial charge in [0.25, 0.3) is 0 Å². The molecule has 2 aliphatic heterocycles. The summed E-state index contributed by atoms with van der Waals surface area (Å²) in [6.45, 7) is 7.07. The SMILES string of the molecule is CC1(OCCCCCCOC2(C)CO2)CO1. The molecule has 94 valence electrons. The minimum absolute atomic E-state index is 0.249. The van der Waals surface area contributed by atoms with Gasteiger partial charge in [-0.2, -0.15) is 0 Å². The van der Waals surface area contributed by atoms with E-state index in [4.69, 9.17) is 18.9 Å². The minimum atomic E-state index is -0.249. The van der Waals surface area contributed by atoms with E-state index in [1.807, 2.05) is 13.8 Å². The van der Waals surface area contributed by atoms with Crippen molar-refractivity contribution >= 4 is 0 Å². The lowest BCUT2D eigenvalue weighted by atomic mass is 10.2. The van der Waals surface area contributed by atoms with Crippen LogP contribution in [0.3, 0.4) is 0 Å². The van der Waals surface area contributed by atoms with Gasteiger partial charge in [0, 0.05) is 0 Å². The number of unbranched alkanes of at least 4 members (excludes halogenated alkanes) is 3. The molecule has 4 nitrogen and oxygen atoms in total. The van der Waals surface area contributed by atoms with Crippen LogP contribution >= 0.6 is 0 Å². The van der Waals surface area contributed by atoms with E-state index in [1.54, 1.807) is 0 Å². The lowest BCUT2D eigenvalue weighted by Crippen LogP contribution is -2.12. The molecule has 2 rings (SSSR count). The molecule has 0 amide bonds. The van der Waals surface area contributed by atoms with Crippen LogP contribution in [-0.4, -0.2) is 38.0 Å². The van der Waals surface area contributed by atoms with E-state index in [2.05, 4.69) is 0 Å². The van der Waals surface area contributed by atoms with Crippen molar-refractivity contribution in [2.75, 3.05) is 26.4 Å². The Hall–Kier alpha value is -0.160. The Morgan fingerprint density at radius 2 is 1.19 bits per heavy atom. The summed E-state index contributed by atoms with van der Waals surface area (Å²) in [6.07, 6.45) is 4.59. The van der Waals surface area contributed by atoms with Crippen molar-refractivity contribution in [3.8, 4) is 0 Å². The molecular formula is C12H22O4. The van der Waals surface area contributed by atoms with Crippen molar-refractivity contribution < 1.29 is 18.9 Å². The summed E-state index contributed by atoms with van der Waals surface area (Å²) >= 11 is 0. The Labute approximate surface area is 97.2 Å². The summed E-state index contributed by atoms with van der Waals surface area (Å²) in [6, 6.07) is 0. The Bertz CT molecular complexity index is 197. The molecule has 2 aliphatic rings. The highest BCUT2D eigenvalue weighted by Gasteiger charge is 2.40. The van der Waals surface area contributed by atoms with Gasteiger partial charge in [-0.25, -0.2) is 0 Å². The maximum atomic E-state index is 5.54. The molecule has 4 heteroatoms. The second-order valence-electron chi connectivity index (χ2n) is 4.96. The summed E-state index contributed by atoms with van der Waals surface area (Å²) in [5.41, 5.74) is 0. The molecule has 0 aliphatic carbocycles.